The van der Waals surface area contributed by atoms with Crippen molar-refractivity contribution in [2.45, 2.75) is 32.7 Å². The van der Waals surface area contributed by atoms with Gasteiger partial charge in [0.2, 0.25) is 0 Å². The van der Waals surface area contributed by atoms with E-state index in [1.165, 1.54) is 19.1 Å². The molecule has 0 N–H and O–H groups in total. The van der Waals surface area contributed by atoms with E-state index in [0.717, 1.165) is 11.3 Å². The molecular formula is C14H22N2O3. The molecule has 1 aliphatic carbocycles. The average Bonchev–Trinajstić information content (AvgIpc) is 2.57. The van der Waals surface area contributed by atoms with Crippen LogP contribution in [0.15, 0.2) is 12.2 Å². The molecule has 0 bridgehead atoms. The van der Waals surface area contributed by atoms with Gasteiger partial charge in [-0.2, -0.15) is 0 Å². The van der Waals surface area contributed by atoms with Crippen LogP contribution in [0.3, 0.4) is 0 Å². The summed E-state index contributed by atoms with van der Waals surface area (Å²) < 4.78 is 0. The fraction of sp³-hybridized carbons (Fsp3) is 0.643. The molecule has 5 heteroatoms. The first kappa shape index (κ1) is 15.6. The molecule has 2 rings (SSSR count). The number of Topliss-reactive ketones (excluding diaryl/α,β-unsaturated/α-hetero) is 1. The SMILES string of the molecule is C.CC(=O)C1(N2C(=O)C=CC2=O)CCC1CN(C)C. The summed E-state index contributed by atoms with van der Waals surface area (Å²) in [5.74, 6) is -0.777. The lowest BCUT2D eigenvalue weighted by atomic mass is 9.63. The Labute approximate surface area is 114 Å². The van der Waals surface area contributed by atoms with Crippen LogP contribution in [-0.4, -0.2) is 53.6 Å². The van der Waals surface area contributed by atoms with Crippen LogP contribution in [0, 0.1) is 5.92 Å². The van der Waals surface area contributed by atoms with Crippen molar-refractivity contribution < 1.29 is 14.4 Å². The lowest BCUT2D eigenvalue weighted by Gasteiger charge is -2.52. The number of hydrogen-bond acceptors (Lipinski definition) is 4. The Morgan fingerprint density at radius 2 is 1.89 bits per heavy atom. The lowest BCUT2D eigenvalue weighted by molar-refractivity contribution is -0.162. The van der Waals surface area contributed by atoms with Crippen molar-refractivity contribution >= 4 is 17.6 Å². The Kier molecular flexibility index (Phi) is 4.30. The van der Waals surface area contributed by atoms with E-state index in [1.807, 2.05) is 19.0 Å². The van der Waals surface area contributed by atoms with Crippen molar-refractivity contribution in [3.8, 4) is 0 Å². The van der Waals surface area contributed by atoms with E-state index in [9.17, 15) is 14.4 Å². The maximum Gasteiger partial charge on any atom is 0.254 e. The smallest absolute Gasteiger partial charge is 0.254 e. The average molecular weight is 266 g/mol. The number of rotatable bonds is 4. The molecule has 1 aliphatic heterocycles. The van der Waals surface area contributed by atoms with E-state index in [0.29, 0.717) is 13.0 Å². The van der Waals surface area contributed by atoms with Crippen LogP contribution in [-0.2, 0) is 14.4 Å². The van der Waals surface area contributed by atoms with Gasteiger partial charge in [0.25, 0.3) is 11.8 Å². The second-order valence-corrected chi connectivity index (χ2v) is 5.32. The molecule has 0 aromatic carbocycles. The molecule has 2 aliphatic rings. The summed E-state index contributed by atoms with van der Waals surface area (Å²) in [5, 5.41) is 0. The highest BCUT2D eigenvalue weighted by Crippen LogP contribution is 2.45. The van der Waals surface area contributed by atoms with Crippen molar-refractivity contribution in [3.63, 3.8) is 0 Å². The quantitative estimate of drug-likeness (QED) is 0.708. The summed E-state index contributed by atoms with van der Waals surface area (Å²) in [6, 6.07) is 0. The standard InChI is InChI=1S/C13H18N2O3.CH4/c1-9(16)13(7-6-10(13)8-14(2)3)15-11(17)4-5-12(15)18;/h4-5,10H,6-8H2,1-3H3;1H4. The van der Waals surface area contributed by atoms with Crippen LogP contribution in [0.2, 0.25) is 0 Å². The number of carbonyl (C=O) groups is 3. The highest BCUT2D eigenvalue weighted by Gasteiger charge is 2.58. The van der Waals surface area contributed by atoms with Crippen LogP contribution in [0.25, 0.3) is 0 Å². The van der Waals surface area contributed by atoms with Gasteiger partial charge in [-0.05, 0) is 33.9 Å². The highest BCUT2D eigenvalue weighted by atomic mass is 16.2. The monoisotopic (exact) mass is 266 g/mol. The predicted molar refractivity (Wildman–Crippen MR) is 72.4 cm³/mol. The van der Waals surface area contributed by atoms with Gasteiger partial charge < -0.3 is 4.90 Å². The van der Waals surface area contributed by atoms with Crippen LogP contribution in [0.4, 0.5) is 0 Å². The van der Waals surface area contributed by atoms with Crippen molar-refractivity contribution in [2.24, 2.45) is 5.92 Å². The zero-order valence-corrected chi connectivity index (χ0v) is 11.0. The van der Waals surface area contributed by atoms with E-state index < -0.39 is 5.54 Å². The van der Waals surface area contributed by atoms with Crippen molar-refractivity contribution in [1.29, 1.82) is 0 Å². The number of nitrogens with zero attached hydrogens (tertiary/aromatic N) is 2. The number of ketones is 1. The summed E-state index contributed by atoms with van der Waals surface area (Å²) in [6.45, 7) is 2.18. The second-order valence-electron chi connectivity index (χ2n) is 5.32. The van der Waals surface area contributed by atoms with Crippen LogP contribution < -0.4 is 0 Å². The van der Waals surface area contributed by atoms with Gasteiger partial charge in [0.1, 0.15) is 5.54 Å². The molecule has 0 saturated heterocycles. The normalized spacial score (nSPS) is 29.5. The molecule has 2 atom stereocenters. The van der Waals surface area contributed by atoms with E-state index in [4.69, 9.17) is 0 Å². The summed E-state index contributed by atoms with van der Waals surface area (Å²) in [5.41, 5.74) is -0.915. The molecule has 1 fully saturated rings. The second kappa shape index (κ2) is 5.25. The van der Waals surface area contributed by atoms with Crippen LogP contribution >= 0.6 is 0 Å². The zero-order valence-electron chi connectivity index (χ0n) is 11.0. The molecule has 106 valence electrons. The zero-order chi connectivity index (χ0) is 13.5. The van der Waals surface area contributed by atoms with E-state index in [2.05, 4.69) is 0 Å². The lowest BCUT2D eigenvalue weighted by Crippen LogP contribution is -2.67. The topological polar surface area (TPSA) is 57.7 Å². The van der Waals surface area contributed by atoms with Crippen LogP contribution in [0.5, 0.6) is 0 Å². The maximum atomic E-state index is 12.0. The van der Waals surface area contributed by atoms with E-state index >= 15 is 0 Å². The summed E-state index contributed by atoms with van der Waals surface area (Å²) in [6.07, 6.45) is 3.95. The number of hydrogen-bond donors (Lipinski definition) is 0. The molecule has 1 heterocycles. The molecule has 0 spiro atoms. The molecule has 5 nitrogen and oxygen atoms in total. The van der Waals surface area contributed by atoms with Gasteiger partial charge >= 0.3 is 0 Å². The fourth-order valence-electron chi connectivity index (χ4n) is 3.01. The third-order valence-corrected chi connectivity index (χ3v) is 3.95. The summed E-state index contributed by atoms with van der Waals surface area (Å²) >= 11 is 0. The van der Waals surface area contributed by atoms with Crippen LogP contribution in [0.1, 0.15) is 27.2 Å². The first-order valence-electron chi connectivity index (χ1n) is 6.11. The van der Waals surface area contributed by atoms with E-state index in [1.54, 1.807) is 0 Å². The third kappa shape index (κ3) is 2.23. The minimum absolute atomic E-state index is 0. The Balaban J connectivity index is 0.00000180. The largest absolute Gasteiger partial charge is 0.309 e. The number of amides is 2. The van der Waals surface area contributed by atoms with Gasteiger partial charge in [0.05, 0.1) is 0 Å². The first-order chi connectivity index (χ1) is 8.39. The molecule has 1 saturated carbocycles. The fourth-order valence-corrected chi connectivity index (χ4v) is 3.01. The summed E-state index contributed by atoms with van der Waals surface area (Å²) in [7, 11) is 3.85. The van der Waals surface area contributed by atoms with Gasteiger partial charge in [-0.1, -0.05) is 7.43 Å². The van der Waals surface area contributed by atoms with E-state index in [-0.39, 0.29) is 30.9 Å². The number of imide groups is 1. The van der Waals surface area contributed by atoms with Gasteiger partial charge in [-0.25, -0.2) is 0 Å². The Bertz CT molecular complexity index is 424. The van der Waals surface area contributed by atoms with Gasteiger partial charge in [-0.3, -0.25) is 19.3 Å². The molecule has 0 radical (unpaired) electrons. The van der Waals surface area contributed by atoms with Crippen molar-refractivity contribution in [3.05, 3.63) is 12.2 Å². The van der Waals surface area contributed by atoms with Gasteiger partial charge in [-0.15, -0.1) is 0 Å². The Morgan fingerprint density at radius 1 is 1.37 bits per heavy atom. The minimum atomic E-state index is -0.915. The predicted octanol–water partition coefficient (Wildman–Crippen LogP) is 0.847. The maximum absolute atomic E-state index is 12.0. The van der Waals surface area contributed by atoms with Crippen molar-refractivity contribution in [2.75, 3.05) is 20.6 Å². The summed E-state index contributed by atoms with van der Waals surface area (Å²) in [4.78, 5) is 38.8. The highest BCUT2D eigenvalue weighted by molar-refractivity contribution is 6.16. The number of carbonyl (C=O) groups excluding carboxylic acids is 3. The third-order valence-electron chi connectivity index (χ3n) is 3.95. The molecule has 19 heavy (non-hydrogen) atoms. The molecule has 0 aromatic rings. The molecular weight excluding hydrogens is 244 g/mol. The van der Waals surface area contributed by atoms with Gasteiger partial charge in [0.15, 0.2) is 5.78 Å². The van der Waals surface area contributed by atoms with Crippen molar-refractivity contribution in [1.82, 2.24) is 9.80 Å². The minimum Gasteiger partial charge on any atom is -0.309 e. The first-order valence-corrected chi connectivity index (χ1v) is 6.11. The Morgan fingerprint density at radius 3 is 2.21 bits per heavy atom. The molecule has 0 aromatic heterocycles. The molecule has 2 unspecified atom stereocenters. The Hall–Kier alpha value is -1.49. The van der Waals surface area contributed by atoms with Gasteiger partial charge in [0, 0.05) is 24.6 Å². The molecule has 2 amide bonds.